The van der Waals surface area contributed by atoms with Crippen molar-refractivity contribution in [3.05, 3.63) is 46.8 Å². The lowest BCUT2D eigenvalue weighted by Gasteiger charge is -2.26. The SMILES string of the molecule is Cc1nn(C)c(C)c1NC(=O)[C@@H](C)OC(=O)CN1C(=O)Cc2ccccc2C1=O. The first-order chi connectivity index (χ1) is 13.7. The Morgan fingerprint density at radius 2 is 1.93 bits per heavy atom. The maximum Gasteiger partial charge on any atom is 0.326 e. The second kappa shape index (κ2) is 7.86. The van der Waals surface area contributed by atoms with Gasteiger partial charge in [-0.25, -0.2) is 0 Å². The van der Waals surface area contributed by atoms with Gasteiger partial charge >= 0.3 is 5.97 Å². The number of ether oxygens (including phenoxy) is 1. The van der Waals surface area contributed by atoms with Gasteiger partial charge in [0, 0.05) is 12.6 Å². The molecule has 0 bridgehead atoms. The van der Waals surface area contributed by atoms with Crippen LogP contribution < -0.4 is 5.32 Å². The molecule has 0 spiro atoms. The lowest BCUT2D eigenvalue weighted by atomic mass is 9.98. The zero-order valence-electron chi connectivity index (χ0n) is 16.7. The van der Waals surface area contributed by atoms with Crippen LogP contribution in [0.3, 0.4) is 0 Å². The normalized spacial score (nSPS) is 14.4. The van der Waals surface area contributed by atoms with Crippen molar-refractivity contribution in [3.8, 4) is 0 Å². The van der Waals surface area contributed by atoms with E-state index in [-0.39, 0.29) is 6.42 Å². The molecule has 29 heavy (non-hydrogen) atoms. The minimum atomic E-state index is -1.11. The Morgan fingerprint density at radius 1 is 1.24 bits per heavy atom. The highest BCUT2D eigenvalue weighted by atomic mass is 16.5. The van der Waals surface area contributed by atoms with Crippen molar-refractivity contribution in [2.75, 3.05) is 11.9 Å². The van der Waals surface area contributed by atoms with Crippen molar-refractivity contribution < 1.29 is 23.9 Å². The molecule has 152 valence electrons. The van der Waals surface area contributed by atoms with E-state index in [1.807, 2.05) is 0 Å². The number of nitrogens with zero attached hydrogens (tertiary/aromatic N) is 3. The van der Waals surface area contributed by atoms with Gasteiger partial charge in [0.2, 0.25) is 5.91 Å². The van der Waals surface area contributed by atoms with E-state index in [9.17, 15) is 19.2 Å². The number of anilines is 1. The number of fused-ring (bicyclic) bond motifs is 1. The summed E-state index contributed by atoms with van der Waals surface area (Å²) >= 11 is 0. The summed E-state index contributed by atoms with van der Waals surface area (Å²) in [6, 6.07) is 6.75. The number of amides is 3. The minimum absolute atomic E-state index is 0.0325. The molecule has 0 saturated heterocycles. The second-order valence-electron chi connectivity index (χ2n) is 6.91. The number of carbonyl (C=O) groups excluding carboxylic acids is 4. The Kier molecular flexibility index (Phi) is 5.49. The molecule has 3 amide bonds. The van der Waals surface area contributed by atoms with E-state index in [0.717, 1.165) is 10.6 Å². The molecule has 9 nitrogen and oxygen atoms in total. The fourth-order valence-electron chi connectivity index (χ4n) is 3.16. The number of esters is 1. The lowest BCUT2D eigenvalue weighted by molar-refractivity contribution is -0.155. The van der Waals surface area contributed by atoms with Crippen LogP contribution in [0.1, 0.15) is 34.2 Å². The van der Waals surface area contributed by atoms with Gasteiger partial charge < -0.3 is 10.1 Å². The summed E-state index contributed by atoms with van der Waals surface area (Å²) in [7, 11) is 1.76. The Hall–Kier alpha value is -3.49. The van der Waals surface area contributed by atoms with Gasteiger partial charge in [-0.1, -0.05) is 18.2 Å². The van der Waals surface area contributed by atoms with E-state index < -0.39 is 36.3 Å². The standard InChI is InChI=1S/C20H22N4O5/c1-11-18(12(2)23(4)22-11)21-19(27)13(3)29-17(26)10-24-16(25)9-14-7-5-6-8-15(14)20(24)28/h5-8,13H,9-10H2,1-4H3,(H,21,27)/t13-/m1/s1. The Bertz CT molecular complexity index is 1010. The maximum absolute atomic E-state index is 12.5. The number of imide groups is 1. The topological polar surface area (TPSA) is 111 Å². The van der Waals surface area contributed by atoms with Crippen LogP contribution in [-0.4, -0.2) is 51.0 Å². The lowest BCUT2D eigenvalue weighted by Crippen LogP contribution is -2.46. The van der Waals surface area contributed by atoms with Gasteiger partial charge in [-0.2, -0.15) is 5.10 Å². The summed E-state index contributed by atoms with van der Waals surface area (Å²) in [5.74, 6) is -2.40. The van der Waals surface area contributed by atoms with Crippen LogP contribution in [0.5, 0.6) is 0 Å². The Morgan fingerprint density at radius 3 is 2.59 bits per heavy atom. The highest BCUT2D eigenvalue weighted by Crippen LogP contribution is 2.20. The Balaban J connectivity index is 1.62. The summed E-state index contributed by atoms with van der Waals surface area (Å²) < 4.78 is 6.77. The molecule has 3 rings (SSSR count). The number of hydrogen-bond donors (Lipinski definition) is 1. The number of rotatable bonds is 5. The highest BCUT2D eigenvalue weighted by molar-refractivity contribution is 6.11. The van der Waals surface area contributed by atoms with Gasteiger partial charge in [-0.3, -0.25) is 28.8 Å². The van der Waals surface area contributed by atoms with E-state index in [2.05, 4.69) is 10.4 Å². The van der Waals surface area contributed by atoms with Crippen molar-refractivity contribution in [2.45, 2.75) is 33.3 Å². The zero-order valence-corrected chi connectivity index (χ0v) is 16.7. The number of hydrogen-bond acceptors (Lipinski definition) is 6. The number of benzene rings is 1. The van der Waals surface area contributed by atoms with Crippen LogP contribution in [0.4, 0.5) is 5.69 Å². The molecule has 0 saturated carbocycles. The van der Waals surface area contributed by atoms with Gasteiger partial charge in [0.15, 0.2) is 6.10 Å². The summed E-state index contributed by atoms with van der Waals surface area (Å²) in [4.78, 5) is 50.2. The monoisotopic (exact) mass is 398 g/mol. The van der Waals surface area contributed by atoms with E-state index >= 15 is 0 Å². The largest absolute Gasteiger partial charge is 0.451 e. The molecule has 2 heterocycles. The van der Waals surface area contributed by atoms with Gasteiger partial charge in [0.25, 0.3) is 11.8 Å². The molecule has 1 atom stereocenters. The molecular formula is C20H22N4O5. The number of aromatic nitrogens is 2. The Labute approximate surface area is 167 Å². The maximum atomic E-state index is 12.5. The first-order valence-electron chi connectivity index (χ1n) is 9.12. The summed E-state index contributed by atoms with van der Waals surface area (Å²) in [5.41, 5.74) is 2.96. The fraction of sp³-hybridized carbons (Fsp3) is 0.350. The van der Waals surface area contributed by atoms with Gasteiger partial charge in [-0.05, 0) is 32.4 Å². The van der Waals surface area contributed by atoms with Crippen molar-refractivity contribution in [1.82, 2.24) is 14.7 Å². The summed E-state index contributed by atoms with van der Waals surface area (Å²) in [6.45, 7) is 4.43. The molecule has 1 N–H and O–H groups in total. The second-order valence-corrected chi connectivity index (χ2v) is 6.91. The number of carbonyl (C=O) groups is 4. The summed E-state index contributed by atoms with van der Waals surface area (Å²) in [6.07, 6.45) is -1.08. The first-order valence-corrected chi connectivity index (χ1v) is 9.12. The van der Waals surface area contributed by atoms with Crippen molar-refractivity contribution in [3.63, 3.8) is 0 Å². The summed E-state index contributed by atoms with van der Waals surface area (Å²) in [5, 5.41) is 6.90. The van der Waals surface area contributed by atoms with E-state index in [4.69, 9.17) is 4.74 Å². The molecule has 0 fully saturated rings. The number of aryl methyl sites for hydroxylation is 2. The van der Waals surface area contributed by atoms with Crippen LogP contribution in [0.2, 0.25) is 0 Å². The van der Waals surface area contributed by atoms with Crippen molar-refractivity contribution in [2.24, 2.45) is 7.05 Å². The molecule has 1 aliphatic heterocycles. The predicted octanol–water partition coefficient (Wildman–Crippen LogP) is 1.13. The molecule has 0 unspecified atom stereocenters. The van der Waals surface area contributed by atoms with E-state index in [1.165, 1.54) is 6.92 Å². The van der Waals surface area contributed by atoms with E-state index in [0.29, 0.717) is 22.5 Å². The third-order valence-corrected chi connectivity index (χ3v) is 4.86. The van der Waals surface area contributed by atoms with Gasteiger partial charge in [0.05, 0.1) is 23.5 Å². The van der Waals surface area contributed by atoms with Crippen LogP contribution >= 0.6 is 0 Å². The average Bonchev–Trinajstić information content (AvgIpc) is 2.91. The molecule has 0 radical (unpaired) electrons. The predicted molar refractivity (Wildman–Crippen MR) is 103 cm³/mol. The third-order valence-electron chi connectivity index (χ3n) is 4.86. The fourth-order valence-corrected chi connectivity index (χ4v) is 3.16. The van der Waals surface area contributed by atoms with Crippen LogP contribution in [0.25, 0.3) is 0 Å². The van der Waals surface area contributed by atoms with Crippen LogP contribution in [-0.2, 0) is 32.6 Å². The van der Waals surface area contributed by atoms with Crippen molar-refractivity contribution >= 4 is 29.4 Å². The van der Waals surface area contributed by atoms with Crippen LogP contribution in [0.15, 0.2) is 24.3 Å². The smallest absolute Gasteiger partial charge is 0.326 e. The van der Waals surface area contributed by atoms with Gasteiger partial charge in [-0.15, -0.1) is 0 Å². The molecule has 1 aromatic heterocycles. The molecule has 1 aliphatic rings. The first kappa shape index (κ1) is 20.2. The highest BCUT2D eigenvalue weighted by Gasteiger charge is 2.33. The molecule has 9 heteroatoms. The average molecular weight is 398 g/mol. The minimum Gasteiger partial charge on any atom is -0.451 e. The van der Waals surface area contributed by atoms with E-state index in [1.54, 1.807) is 49.8 Å². The van der Waals surface area contributed by atoms with Crippen LogP contribution in [0, 0.1) is 13.8 Å². The zero-order chi connectivity index (χ0) is 21.3. The van der Waals surface area contributed by atoms with Crippen molar-refractivity contribution in [1.29, 1.82) is 0 Å². The molecular weight excluding hydrogens is 376 g/mol. The molecule has 1 aromatic carbocycles. The van der Waals surface area contributed by atoms with Gasteiger partial charge in [0.1, 0.15) is 6.54 Å². The molecule has 0 aliphatic carbocycles. The number of nitrogens with one attached hydrogen (secondary N) is 1. The molecule has 2 aromatic rings. The quantitative estimate of drug-likeness (QED) is 0.597. The third kappa shape index (κ3) is 4.03.